The van der Waals surface area contributed by atoms with Crippen LogP contribution in [0.25, 0.3) is 0 Å². The van der Waals surface area contributed by atoms with E-state index < -0.39 is 29.3 Å². The number of carbonyl (C=O) groups is 3. The summed E-state index contributed by atoms with van der Waals surface area (Å²) in [6.45, 7) is -0.714. The van der Waals surface area contributed by atoms with Crippen LogP contribution in [0.4, 0.5) is 4.79 Å². The lowest BCUT2D eigenvalue weighted by Crippen LogP contribution is -2.54. The third kappa shape index (κ3) is 1.06. The van der Waals surface area contributed by atoms with Gasteiger partial charge >= 0.3 is 11.9 Å². The Morgan fingerprint density at radius 3 is 2.27 bits per heavy atom. The molecule has 1 aliphatic rings. The van der Waals surface area contributed by atoms with Gasteiger partial charge in [0.25, 0.3) is 0 Å². The molecular formula is C4H4N2O5. The summed E-state index contributed by atoms with van der Waals surface area (Å²) in [7, 11) is 0. The Labute approximate surface area is 60.3 Å². The van der Waals surface area contributed by atoms with Crippen LogP contribution in [0.2, 0.25) is 0 Å². The SMILES string of the molecule is O=C1CN(O)C(=O)N(O)C1=O. The van der Waals surface area contributed by atoms with Gasteiger partial charge in [-0.25, -0.2) is 4.79 Å². The molecule has 0 saturated carbocycles. The fourth-order valence-corrected chi connectivity index (χ4v) is 0.586. The second kappa shape index (κ2) is 2.29. The summed E-state index contributed by atoms with van der Waals surface area (Å²) >= 11 is 0. The molecule has 1 saturated heterocycles. The zero-order valence-corrected chi connectivity index (χ0v) is 5.22. The third-order valence-electron chi connectivity index (χ3n) is 1.13. The van der Waals surface area contributed by atoms with E-state index >= 15 is 0 Å². The first-order valence-electron chi connectivity index (χ1n) is 2.60. The highest BCUT2D eigenvalue weighted by Crippen LogP contribution is 2.01. The second-order valence-electron chi connectivity index (χ2n) is 1.88. The number of nitrogens with zero attached hydrogens (tertiary/aromatic N) is 2. The summed E-state index contributed by atoms with van der Waals surface area (Å²) in [6.07, 6.45) is 0. The van der Waals surface area contributed by atoms with Crippen molar-refractivity contribution in [2.45, 2.75) is 0 Å². The highest BCUT2D eigenvalue weighted by Gasteiger charge is 2.36. The monoisotopic (exact) mass is 160 g/mol. The van der Waals surface area contributed by atoms with Crippen molar-refractivity contribution in [1.29, 1.82) is 0 Å². The Kier molecular flexibility index (Phi) is 1.59. The van der Waals surface area contributed by atoms with Gasteiger partial charge in [0.15, 0.2) is 0 Å². The first kappa shape index (κ1) is 7.63. The van der Waals surface area contributed by atoms with Crippen molar-refractivity contribution in [2.75, 3.05) is 6.54 Å². The van der Waals surface area contributed by atoms with E-state index in [0.29, 0.717) is 0 Å². The van der Waals surface area contributed by atoms with Crippen LogP contribution < -0.4 is 0 Å². The van der Waals surface area contributed by atoms with Crippen molar-refractivity contribution in [3.63, 3.8) is 0 Å². The maximum atomic E-state index is 10.5. The smallest absolute Gasteiger partial charge is 0.286 e. The molecule has 7 heteroatoms. The Hall–Kier alpha value is -1.47. The number of urea groups is 1. The number of imide groups is 1. The van der Waals surface area contributed by atoms with Gasteiger partial charge in [-0.3, -0.25) is 20.0 Å². The third-order valence-corrected chi connectivity index (χ3v) is 1.13. The van der Waals surface area contributed by atoms with Crippen molar-refractivity contribution in [3.8, 4) is 0 Å². The van der Waals surface area contributed by atoms with Crippen LogP contribution in [0.1, 0.15) is 0 Å². The molecule has 0 aromatic heterocycles. The number of hydrogen-bond donors (Lipinski definition) is 2. The number of Topliss-reactive ketones (excluding diaryl/α,β-unsaturated/α-hetero) is 1. The second-order valence-corrected chi connectivity index (χ2v) is 1.88. The van der Waals surface area contributed by atoms with Gasteiger partial charge in [0.2, 0.25) is 5.78 Å². The Morgan fingerprint density at radius 1 is 1.18 bits per heavy atom. The van der Waals surface area contributed by atoms with E-state index in [4.69, 9.17) is 10.4 Å². The summed E-state index contributed by atoms with van der Waals surface area (Å²) in [6, 6.07) is -1.32. The molecule has 11 heavy (non-hydrogen) atoms. The van der Waals surface area contributed by atoms with Crippen LogP contribution in [-0.2, 0) is 9.59 Å². The van der Waals surface area contributed by atoms with Crippen molar-refractivity contribution in [3.05, 3.63) is 0 Å². The standard InChI is InChI=1S/C4H4N2O5/c7-2-1-5(10)4(9)6(11)3(2)8/h10-11H,1H2. The van der Waals surface area contributed by atoms with Gasteiger partial charge in [-0.05, 0) is 0 Å². The number of carbonyl (C=O) groups excluding carboxylic acids is 3. The molecule has 1 heterocycles. The molecule has 0 atom stereocenters. The Morgan fingerprint density at radius 2 is 1.73 bits per heavy atom. The van der Waals surface area contributed by atoms with Crippen LogP contribution >= 0.6 is 0 Å². The molecule has 0 aromatic carbocycles. The minimum atomic E-state index is -1.33. The first-order chi connectivity index (χ1) is 5.04. The fourth-order valence-electron chi connectivity index (χ4n) is 0.586. The number of hydrogen-bond acceptors (Lipinski definition) is 5. The van der Waals surface area contributed by atoms with Gasteiger partial charge < -0.3 is 0 Å². The number of amides is 3. The predicted molar refractivity (Wildman–Crippen MR) is 27.5 cm³/mol. The number of ketones is 1. The zero-order chi connectivity index (χ0) is 8.59. The van der Waals surface area contributed by atoms with Gasteiger partial charge in [0.05, 0.1) is 0 Å². The molecule has 1 rings (SSSR count). The van der Waals surface area contributed by atoms with Gasteiger partial charge in [-0.1, -0.05) is 0 Å². The molecule has 0 spiro atoms. The fraction of sp³-hybridized carbons (Fsp3) is 0.250. The van der Waals surface area contributed by atoms with E-state index in [9.17, 15) is 14.4 Å². The lowest BCUT2D eigenvalue weighted by molar-refractivity contribution is -0.180. The molecule has 3 amide bonds. The molecule has 60 valence electrons. The van der Waals surface area contributed by atoms with Gasteiger partial charge in [0, 0.05) is 0 Å². The normalized spacial score (nSPS) is 19.6. The highest BCUT2D eigenvalue weighted by molar-refractivity contribution is 6.40. The van der Waals surface area contributed by atoms with E-state index in [1.807, 2.05) is 0 Å². The summed E-state index contributed by atoms with van der Waals surface area (Å²) < 4.78 is 0. The summed E-state index contributed by atoms with van der Waals surface area (Å²) in [4.78, 5) is 31.4. The first-order valence-corrected chi connectivity index (χ1v) is 2.60. The van der Waals surface area contributed by atoms with Crippen LogP contribution in [0.15, 0.2) is 0 Å². The van der Waals surface area contributed by atoms with Gasteiger partial charge in [-0.15, -0.1) is 5.06 Å². The zero-order valence-electron chi connectivity index (χ0n) is 5.22. The molecule has 2 N–H and O–H groups in total. The van der Waals surface area contributed by atoms with Gasteiger partial charge in [0.1, 0.15) is 6.54 Å². The lowest BCUT2D eigenvalue weighted by atomic mass is 10.3. The van der Waals surface area contributed by atoms with Crippen molar-refractivity contribution < 1.29 is 24.8 Å². The van der Waals surface area contributed by atoms with E-state index in [0.717, 1.165) is 0 Å². The summed E-state index contributed by atoms with van der Waals surface area (Å²) in [5, 5.41) is 16.6. The minimum Gasteiger partial charge on any atom is -0.286 e. The molecule has 0 unspecified atom stereocenters. The average molecular weight is 160 g/mol. The Bertz CT molecular complexity index is 237. The molecule has 1 aliphatic heterocycles. The largest absolute Gasteiger partial charge is 0.375 e. The highest BCUT2D eigenvalue weighted by atomic mass is 16.6. The summed E-state index contributed by atoms with van der Waals surface area (Å²) in [5.41, 5.74) is 0. The molecule has 0 radical (unpaired) electrons. The summed E-state index contributed by atoms with van der Waals surface area (Å²) in [5.74, 6) is -2.38. The lowest BCUT2D eigenvalue weighted by Gasteiger charge is -2.23. The maximum Gasteiger partial charge on any atom is 0.375 e. The quantitative estimate of drug-likeness (QED) is 0.335. The average Bonchev–Trinajstić information content (AvgIpc) is 1.97. The van der Waals surface area contributed by atoms with E-state index in [2.05, 4.69) is 0 Å². The van der Waals surface area contributed by atoms with Gasteiger partial charge in [-0.2, -0.15) is 5.06 Å². The number of hydroxylamine groups is 4. The minimum absolute atomic E-state index is 0.0519. The molecule has 1 fully saturated rings. The van der Waals surface area contributed by atoms with E-state index in [-0.39, 0.29) is 5.06 Å². The molecule has 0 aliphatic carbocycles. The van der Waals surface area contributed by atoms with Crippen LogP contribution in [0.5, 0.6) is 0 Å². The van der Waals surface area contributed by atoms with Crippen molar-refractivity contribution in [1.82, 2.24) is 10.1 Å². The topological polar surface area (TPSA) is 98.2 Å². The van der Waals surface area contributed by atoms with Crippen LogP contribution in [0, 0.1) is 0 Å². The molecule has 0 bridgehead atoms. The number of rotatable bonds is 0. The predicted octanol–water partition coefficient (Wildman–Crippen LogP) is -1.40. The molecule has 7 nitrogen and oxygen atoms in total. The van der Waals surface area contributed by atoms with Crippen LogP contribution in [-0.4, -0.2) is 44.8 Å². The van der Waals surface area contributed by atoms with E-state index in [1.165, 1.54) is 0 Å². The maximum absolute atomic E-state index is 10.5. The van der Waals surface area contributed by atoms with Crippen molar-refractivity contribution in [2.24, 2.45) is 0 Å². The Balaban J connectivity index is 2.87. The van der Waals surface area contributed by atoms with Crippen molar-refractivity contribution >= 4 is 17.7 Å². The molecular weight excluding hydrogens is 156 g/mol. The van der Waals surface area contributed by atoms with E-state index in [1.54, 1.807) is 0 Å². The van der Waals surface area contributed by atoms with Crippen LogP contribution in [0.3, 0.4) is 0 Å². The molecule has 0 aromatic rings.